The fourth-order valence-electron chi connectivity index (χ4n) is 3.05. The number of hydrogen-bond donors (Lipinski definition) is 4. The minimum atomic E-state index is -3.99. The van der Waals surface area contributed by atoms with E-state index in [2.05, 4.69) is 9.97 Å². The lowest BCUT2D eigenvalue weighted by molar-refractivity contribution is -0.0558. The van der Waals surface area contributed by atoms with Crippen LogP contribution in [0.3, 0.4) is 0 Å². The Bertz CT molecular complexity index is 752. The summed E-state index contributed by atoms with van der Waals surface area (Å²) in [4.78, 5) is 18.4. The maximum Gasteiger partial charge on any atom is 0.331 e. The summed E-state index contributed by atoms with van der Waals surface area (Å²) in [5.74, 6) is 6.87. The highest BCUT2D eigenvalue weighted by molar-refractivity contribution is 7.53. The van der Waals surface area contributed by atoms with Gasteiger partial charge in [0, 0.05) is 5.56 Å². The molecule has 30 heavy (non-hydrogen) atoms. The summed E-state index contributed by atoms with van der Waals surface area (Å²) in [5, 5.41) is 12.1. The van der Waals surface area contributed by atoms with Crippen molar-refractivity contribution in [1.82, 2.24) is 9.97 Å². The zero-order valence-corrected chi connectivity index (χ0v) is 19.0. The van der Waals surface area contributed by atoms with E-state index in [1.807, 2.05) is 20.8 Å². The fourth-order valence-corrected chi connectivity index (χ4v) is 3.90. The lowest BCUT2D eigenvalue weighted by Gasteiger charge is -2.29. The molecule has 172 valence electrons. The first-order chi connectivity index (χ1) is 14.0. The van der Waals surface area contributed by atoms with E-state index in [1.54, 1.807) is 13.8 Å². The largest absolute Gasteiger partial charge is 0.385 e. The van der Waals surface area contributed by atoms with Crippen LogP contribution in [0.15, 0.2) is 6.33 Å². The molecule has 6 N–H and O–H groups in total. The average Bonchev–Trinajstić information content (AvgIpc) is 2.96. The normalized spacial score (nSPS) is 26.3. The fraction of sp³-hybridized carbons (Fsp3) is 0.778. The summed E-state index contributed by atoms with van der Waals surface area (Å²) in [7, 11) is -3.99. The van der Waals surface area contributed by atoms with Gasteiger partial charge in [0.15, 0.2) is 12.0 Å². The molecule has 5 atom stereocenters. The molecular weight excluding hydrogens is 413 g/mol. The Labute approximate surface area is 177 Å². The van der Waals surface area contributed by atoms with Crippen molar-refractivity contribution < 1.29 is 28.6 Å². The SMILES string of the molecule is CCCc1c(N)ncnc1N(N)[C@@H]1O[C@H](COC(C)C)[C@@H](OP(=O)(O)C(C)C)[C@H]1O. The molecule has 1 aliphatic rings. The van der Waals surface area contributed by atoms with Crippen LogP contribution >= 0.6 is 7.60 Å². The third-order valence-electron chi connectivity index (χ3n) is 4.80. The van der Waals surface area contributed by atoms with Crippen molar-refractivity contribution in [1.29, 1.82) is 0 Å². The van der Waals surface area contributed by atoms with Crippen LogP contribution < -0.4 is 16.6 Å². The molecule has 1 aromatic rings. The highest BCUT2D eigenvalue weighted by Gasteiger charge is 2.50. The number of anilines is 2. The Balaban J connectivity index is 2.32. The topological polar surface area (TPSA) is 166 Å². The van der Waals surface area contributed by atoms with Gasteiger partial charge in [0.05, 0.1) is 18.4 Å². The molecule has 0 aliphatic carbocycles. The standard InChI is InChI=1S/C18H34N5O6P/c1-6-7-12-16(19)21-9-22-17(12)23(20)18-14(24)15(29-30(25,26)11(4)5)13(28-18)8-27-10(2)3/h9-11,13-15,18,24H,6-8,20H2,1-5H3,(H,25,26)(H2,19,21,22)/t13-,14-,15-,18-/m1/s1. The van der Waals surface area contributed by atoms with Crippen molar-refractivity contribution in [2.45, 2.75) is 83.8 Å². The minimum Gasteiger partial charge on any atom is -0.385 e. The third kappa shape index (κ3) is 5.67. The number of rotatable bonds is 10. The van der Waals surface area contributed by atoms with Crippen molar-refractivity contribution in [2.24, 2.45) is 5.84 Å². The first-order valence-electron chi connectivity index (χ1n) is 10.1. The van der Waals surface area contributed by atoms with Crippen LogP contribution in [-0.4, -0.2) is 62.9 Å². The average molecular weight is 447 g/mol. The van der Waals surface area contributed by atoms with Crippen LogP contribution in [0.4, 0.5) is 11.6 Å². The number of nitrogen functional groups attached to an aromatic ring is 1. The number of hydrogen-bond acceptors (Lipinski definition) is 10. The van der Waals surface area contributed by atoms with Gasteiger partial charge >= 0.3 is 7.60 Å². The van der Waals surface area contributed by atoms with Crippen LogP contribution in [0.25, 0.3) is 0 Å². The van der Waals surface area contributed by atoms with Crippen LogP contribution in [0.2, 0.25) is 0 Å². The van der Waals surface area contributed by atoms with E-state index in [0.717, 1.165) is 11.4 Å². The first-order valence-corrected chi connectivity index (χ1v) is 11.7. The highest BCUT2D eigenvalue weighted by Crippen LogP contribution is 2.50. The predicted molar refractivity (Wildman–Crippen MR) is 113 cm³/mol. The molecule has 0 bridgehead atoms. The summed E-state index contributed by atoms with van der Waals surface area (Å²) in [6.07, 6.45) is -1.82. The quantitative estimate of drug-likeness (QED) is 0.231. The third-order valence-corrected chi connectivity index (χ3v) is 6.65. The highest BCUT2D eigenvalue weighted by atomic mass is 31.2. The van der Waals surface area contributed by atoms with E-state index in [1.165, 1.54) is 6.33 Å². The van der Waals surface area contributed by atoms with Crippen molar-refractivity contribution in [3.05, 3.63) is 11.9 Å². The molecule has 0 amide bonds. The van der Waals surface area contributed by atoms with E-state index in [4.69, 9.17) is 25.6 Å². The second-order valence-electron chi connectivity index (χ2n) is 7.88. The molecule has 0 radical (unpaired) electrons. The summed E-state index contributed by atoms with van der Waals surface area (Å²) >= 11 is 0. The zero-order valence-electron chi connectivity index (χ0n) is 18.1. The molecule has 1 saturated heterocycles. The molecule has 0 aromatic carbocycles. The number of hydrazine groups is 1. The number of aromatic nitrogens is 2. The maximum absolute atomic E-state index is 12.5. The molecule has 0 spiro atoms. The second-order valence-corrected chi connectivity index (χ2v) is 10.3. The van der Waals surface area contributed by atoms with Crippen molar-refractivity contribution in [3.63, 3.8) is 0 Å². The maximum atomic E-state index is 12.5. The van der Waals surface area contributed by atoms with Gasteiger partial charge in [0.1, 0.15) is 30.5 Å². The van der Waals surface area contributed by atoms with Gasteiger partial charge in [-0.2, -0.15) is 0 Å². The monoisotopic (exact) mass is 447 g/mol. The Morgan fingerprint density at radius 3 is 2.57 bits per heavy atom. The van der Waals surface area contributed by atoms with E-state index in [0.29, 0.717) is 17.8 Å². The van der Waals surface area contributed by atoms with Crippen molar-refractivity contribution in [2.75, 3.05) is 17.3 Å². The zero-order chi connectivity index (χ0) is 22.6. The van der Waals surface area contributed by atoms with Crippen LogP contribution in [0, 0.1) is 0 Å². The molecule has 2 rings (SSSR count). The van der Waals surface area contributed by atoms with Crippen LogP contribution in [0.1, 0.15) is 46.6 Å². The van der Waals surface area contributed by atoms with Gasteiger partial charge in [0.2, 0.25) is 0 Å². The first kappa shape index (κ1) is 24.9. The summed E-state index contributed by atoms with van der Waals surface area (Å²) in [5.41, 5.74) is 5.96. The van der Waals surface area contributed by atoms with Gasteiger partial charge in [0.25, 0.3) is 0 Å². The van der Waals surface area contributed by atoms with Crippen LogP contribution in [0.5, 0.6) is 0 Å². The summed E-state index contributed by atoms with van der Waals surface area (Å²) < 4.78 is 29.4. The van der Waals surface area contributed by atoms with E-state index < -0.39 is 37.8 Å². The minimum absolute atomic E-state index is 0.0511. The molecule has 1 aromatic heterocycles. The Morgan fingerprint density at radius 1 is 1.33 bits per heavy atom. The number of nitrogens with zero attached hydrogens (tertiary/aromatic N) is 3. The Morgan fingerprint density at radius 2 is 2.00 bits per heavy atom. The second kappa shape index (κ2) is 10.3. The predicted octanol–water partition coefficient (Wildman–Crippen LogP) is 1.18. The molecule has 0 saturated carbocycles. The number of aliphatic hydroxyl groups excluding tert-OH is 1. The lowest BCUT2D eigenvalue weighted by atomic mass is 10.1. The number of aliphatic hydroxyl groups is 1. The molecule has 1 unspecified atom stereocenters. The van der Waals surface area contributed by atoms with Crippen molar-refractivity contribution in [3.8, 4) is 0 Å². The molecule has 12 heteroatoms. The van der Waals surface area contributed by atoms with Gasteiger partial charge in [-0.15, -0.1) is 0 Å². The number of nitrogens with two attached hydrogens (primary N) is 2. The molecular formula is C18H34N5O6P. The molecule has 1 fully saturated rings. The molecule has 11 nitrogen and oxygen atoms in total. The summed E-state index contributed by atoms with van der Waals surface area (Å²) in [6, 6.07) is 0. The molecule has 1 aliphatic heterocycles. The van der Waals surface area contributed by atoms with Crippen molar-refractivity contribution >= 4 is 19.2 Å². The van der Waals surface area contributed by atoms with E-state index in [9.17, 15) is 14.6 Å². The van der Waals surface area contributed by atoms with Crippen LogP contribution in [-0.2, 0) is 25.0 Å². The Hall–Kier alpha value is -1.33. The smallest absolute Gasteiger partial charge is 0.331 e. The summed E-state index contributed by atoms with van der Waals surface area (Å²) in [6.45, 7) is 8.85. The van der Waals surface area contributed by atoms with Gasteiger partial charge in [-0.1, -0.05) is 27.2 Å². The van der Waals surface area contributed by atoms with E-state index >= 15 is 0 Å². The molecule has 2 heterocycles. The lowest BCUT2D eigenvalue weighted by Crippen LogP contribution is -2.49. The van der Waals surface area contributed by atoms with E-state index in [-0.39, 0.29) is 18.5 Å². The van der Waals surface area contributed by atoms with Gasteiger partial charge in [-0.05, 0) is 20.3 Å². The van der Waals surface area contributed by atoms with Gasteiger partial charge < -0.3 is 25.2 Å². The number of ether oxygens (including phenoxy) is 2. The van der Waals surface area contributed by atoms with Gasteiger partial charge in [-0.3, -0.25) is 14.1 Å². The van der Waals surface area contributed by atoms with Gasteiger partial charge in [-0.25, -0.2) is 15.8 Å². The Kier molecular flexibility index (Phi) is 8.58.